The van der Waals surface area contributed by atoms with Crippen LogP contribution in [0.4, 0.5) is 8.78 Å². The zero-order valence-electron chi connectivity index (χ0n) is 11.0. The second-order valence-corrected chi connectivity index (χ2v) is 6.75. The maximum atomic E-state index is 13.4. The molecular weight excluding hydrogens is 290 g/mol. The number of ether oxygens (including phenoxy) is 1. The van der Waals surface area contributed by atoms with Gasteiger partial charge in [0.1, 0.15) is 0 Å². The first-order valence-corrected chi connectivity index (χ1v) is 7.66. The van der Waals surface area contributed by atoms with E-state index >= 15 is 0 Å². The topological polar surface area (TPSA) is 52.6 Å². The van der Waals surface area contributed by atoms with Gasteiger partial charge >= 0.3 is 0 Å². The van der Waals surface area contributed by atoms with Gasteiger partial charge in [-0.15, -0.1) is 0 Å². The maximum absolute atomic E-state index is 13.4. The number of alkyl halides is 2. The zero-order valence-corrected chi connectivity index (χ0v) is 11.8. The van der Waals surface area contributed by atoms with Crippen LogP contribution >= 0.6 is 0 Å². The summed E-state index contributed by atoms with van der Waals surface area (Å²) < 4.78 is 59.1. The van der Waals surface area contributed by atoms with Gasteiger partial charge in [-0.05, 0) is 5.56 Å². The van der Waals surface area contributed by atoms with Gasteiger partial charge in [-0.25, -0.2) is 8.78 Å². The number of halogens is 2. The van der Waals surface area contributed by atoms with Crippen LogP contribution in [-0.4, -0.2) is 33.8 Å². The fourth-order valence-corrected chi connectivity index (χ4v) is 3.26. The zero-order chi connectivity index (χ0) is 14.9. The summed E-state index contributed by atoms with van der Waals surface area (Å²) in [6, 6.07) is 9.09. The number of benzene rings is 1. The van der Waals surface area contributed by atoms with Gasteiger partial charge < -0.3 is 4.74 Å². The van der Waals surface area contributed by atoms with Crippen LogP contribution in [0.2, 0.25) is 0 Å². The van der Waals surface area contributed by atoms with Gasteiger partial charge in [0.2, 0.25) is 0 Å². The molecule has 1 fully saturated rings. The lowest BCUT2D eigenvalue weighted by molar-refractivity contribution is 0.0112. The van der Waals surface area contributed by atoms with Crippen molar-refractivity contribution in [2.24, 2.45) is 5.41 Å². The van der Waals surface area contributed by atoms with Crippen molar-refractivity contribution in [3.8, 4) is 0 Å². The summed E-state index contributed by atoms with van der Waals surface area (Å²) >= 11 is 0. The van der Waals surface area contributed by atoms with E-state index < -0.39 is 33.6 Å². The molecule has 7 heteroatoms. The number of hydrogen-bond acceptors (Lipinski definition) is 4. The predicted octanol–water partition coefficient (Wildman–Crippen LogP) is 2.20. The molecule has 0 N–H and O–H groups in total. The van der Waals surface area contributed by atoms with Crippen molar-refractivity contribution in [3.63, 3.8) is 0 Å². The predicted molar refractivity (Wildman–Crippen MR) is 68.9 cm³/mol. The van der Waals surface area contributed by atoms with Gasteiger partial charge in [0, 0.05) is 6.42 Å². The Labute approximate surface area is 116 Å². The first kappa shape index (κ1) is 15.3. The quantitative estimate of drug-likeness (QED) is 0.725. The summed E-state index contributed by atoms with van der Waals surface area (Å²) in [7, 11) is -2.97. The van der Waals surface area contributed by atoms with Crippen molar-refractivity contribution >= 4 is 10.1 Å². The summed E-state index contributed by atoms with van der Waals surface area (Å²) in [6.45, 7) is -0.136. The molecule has 1 aliphatic rings. The Bertz CT molecular complexity index is 559. The molecule has 1 aromatic rings. The van der Waals surface area contributed by atoms with E-state index in [1.165, 1.54) is 0 Å². The highest BCUT2D eigenvalue weighted by Crippen LogP contribution is 2.61. The van der Waals surface area contributed by atoms with Gasteiger partial charge in [-0.2, -0.15) is 8.42 Å². The summed E-state index contributed by atoms with van der Waals surface area (Å²) in [5.41, 5.74) is -0.808. The third-order valence-electron chi connectivity index (χ3n) is 3.41. The lowest BCUT2D eigenvalue weighted by Gasteiger charge is -2.16. The second-order valence-electron chi connectivity index (χ2n) is 5.01. The molecule has 0 bridgehead atoms. The molecule has 0 unspecified atom stereocenters. The fourth-order valence-electron chi connectivity index (χ4n) is 2.07. The van der Waals surface area contributed by atoms with Crippen molar-refractivity contribution in [2.75, 3.05) is 19.5 Å². The van der Waals surface area contributed by atoms with Gasteiger partial charge in [-0.1, -0.05) is 30.3 Å². The summed E-state index contributed by atoms with van der Waals surface area (Å²) in [5, 5.41) is 0. The van der Waals surface area contributed by atoms with Crippen molar-refractivity contribution in [1.29, 1.82) is 0 Å². The lowest BCUT2D eigenvalue weighted by Crippen LogP contribution is -2.28. The Hall–Kier alpha value is -1.05. The van der Waals surface area contributed by atoms with E-state index in [4.69, 9.17) is 4.74 Å². The SMILES string of the molecule is COS(=O)(=O)C[C@]1(COCc2ccccc2)CC1(F)F. The molecule has 4 nitrogen and oxygen atoms in total. The summed E-state index contributed by atoms with van der Waals surface area (Å²) in [5.74, 6) is -3.74. The molecule has 20 heavy (non-hydrogen) atoms. The van der Waals surface area contributed by atoms with Crippen LogP contribution in [0.3, 0.4) is 0 Å². The molecule has 0 aliphatic heterocycles. The van der Waals surface area contributed by atoms with Crippen molar-refractivity contribution < 1.29 is 26.1 Å². The highest BCUT2D eigenvalue weighted by Gasteiger charge is 2.72. The number of rotatable bonds is 7. The largest absolute Gasteiger partial charge is 0.376 e. The van der Waals surface area contributed by atoms with E-state index in [-0.39, 0.29) is 13.2 Å². The van der Waals surface area contributed by atoms with E-state index in [1.807, 2.05) is 30.3 Å². The summed E-state index contributed by atoms with van der Waals surface area (Å²) in [4.78, 5) is 0. The molecule has 0 aromatic heterocycles. The van der Waals surface area contributed by atoms with Crippen LogP contribution in [0.1, 0.15) is 12.0 Å². The first-order chi connectivity index (χ1) is 9.30. The van der Waals surface area contributed by atoms with Gasteiger partial charge in [0.25, 0.3) is 16.0 Å². The number of hydrogen-bond donors (Lipinski definition) is 0. The maximum Gasteiger partial charge on any atom is 0.267 e. The van der Waals surface area contributed by atoms with Crippen LogP contribution < -0.4 is 0 Å². The second kappa shape index (κ2) is 5.38. The van der Waals surface area contributed by atoms with Crippen LogP contribution in [0.5, 0.6) is 0 Å². The Morgan fingerprint density at radius 1 is 1.25 bits per heavy atom. The van der Waals surface area contributed by atoms with Crippen LogP contribution in [0.25, 0.3) is 0 Å². The van der Waals surface area contributed by atoms with Crippen molar-refractivity contribution in [3.05, 3.63) is 35.9 Å². The summed E-state index contributed by atoms with van der Waals surface area (Å²) in [6.07, 6.45) is -0.489. The monoisotopic (exact) mass is 306 g/mol. The molecule has 1 saturated carbocycles. The minimum Gasteiger partial charge on any atom is -0.376 e. The molecule has 0 heterocycles. The van der Waals surface area contributed by atoms with E-state index in [2.05, 4.69) is 4.18 Å². The molecule has 0 spiro atoms. The first-order valence-electron chi connectivity index (χ1n) is 6.08. The molecule has 1 aliphatic carbocycles. The van der Waals surface area contributed by atoms with Crippen LogP contribution in [0, 0.1) is 5.41 Å². The van der Waals surface area contributed by atoms with Gasteiger partial charge in [0.15, 0.2) is 0 Å². The molecule has 0 radical (unpaired) electrons. The Balaban J connectivity index is 1.95. The molecular formula is C13H16F2O4S. The molecule has 0 amide bonds. The smallest absolute Gasteiger partial charge is 0.267 e. The van der Waals surface area contributed by atoms with Gasteiger partial charge in [-0.3, -0.25) is 4.18 Å². The highest BCUT2D eigenvalue weighted by molar-refractivity contribution is 7.86. The van der Waals surface area contributed by atoms with E-state index in [9.17, 15) is 17.2 Å². The fraction of sp³-hybridized carbons (Fsp3) is 0.538. The minimum atomic E-state index is -3.94. The molecule has 1 atom stereocenters. The third-order valence-corrected chi connectivity index (χ3v) is 4.82. The van der Waals surface area contributed by atoms with E-state index in [1.54, 1.807) is 0 Å². The minimum absolute atomic E-state index is 0.172. The molecule has 2 rings (SSSR count). The Morgan fingerprint density at radius 2 is 1.85 bits per heavy atom. The Morgan fingerprint density at radius 3 is 2.35 bits per heavy atom. The van der Waals surface area contributed by atoms with Crippen LogP contribution in [-0.2, 0) is 25.6 Å². The lowest BCUT2D eigenvalue weighted by atomic mass is 10.1. The van der Waals surface area contributed by atoms with Gasteiger partial charge in [0.05, 0.1) is 31.5 Å². The molecule has 112 valence electrons. The van der Waals surface area contributed by atoms with Crippen LogP contribution in [0.15, 0.2) is 30.3 Å². The Kier molecular flexibility index (Phi) is 4.13. The van der Waals surface area contributed by atoms with E-state index in [0.717, 1.165) is 12.7 Å². The third kappa shape index (κ3) is 3.34. The molecule has 0 saturated heterocycles. The van der Waals surface area contributed by atoms with Crippen molar-refractivity contribution in [2.45, 2.75) is 19.0 Å². The highest BCUT2D eigenvalue weighted by atomic mass is 32.2. The standard InChI is InChI=1S/C13H16F2O4S/c1-18-20(16,17)10-12(8-13(12,14)15)9-19-7-11-5-3-2-4-6-11/h2-6H,7-10H2,1H3/t12-/m1/s1. The average Bonchev–Trinajstić information content (AvgIpc) is 2.91. The normalized spacial score (nSPS) is 24.6. The molecule has 1 aromatic carbocycles. The average molecular weight is 306 g/mol. The van der Waals surface area contributed by atoms with E-state index in [0.29, 0.717) is 0 Å². The van der Waals surface area contributed by atoms with Crippen molar-refractivity contribution in [1.82, 2.24) is 0 Å².